The highest BCUT2D eigenvalue weighted by Gasteiger charge is 2.21. The summed E-state index contributed by atoms with van der Waals surface area (Å²) in [7, 11) is -14.3. The second-order valence-corrected chi connectivity index (χ2v) is 8.46. The molecule has 10 nitrogen and oxygen atoms in total. The summed E-state index contributed by atoms with van der Waals surface area (Å²) in [6, 6.07) is 3.97. The van der Waals surface area contributed by atoms with Crippen LogP contribution < -0.4 is 0 Å². The molecule has 23 heavy (non-hydrogen) atoms. The quantitative estimate of drug-likeness (QED) is 0.596. The van der Waals surface area contributed by atoms with E-state index in [1.807, 2.05) is 0 Å². The van der Waals surface area contributed by atoms with Crippen LogP contribution in [-0.2, 0) is 30.4 Å². The van der Waals surface area contributed by atoms with Gasteiger partial charge in [0.05, 0.1) is 9.79 Å². The molecule has 2 aromatic rings. The van der Waals surface area contributed by atoms with E-state index in [-0.39, 0.29) is 16.2 Å². The first-order valence-electron chi connectivity index (χ1n) is 5.30. The first-order chi connectivity index (χ1) is 9.80. The van der Waals surface area contributed by atoms with Crippen LogP contribution in [0.5, 0.6) is 0 Å². The smallest absolute Gasteiger partial charge is 0.295 e. The molecule has 0 aromatic heterocycles. The summed E-state index contributed by atoms with van der Waals surface area (Å²) in [5.41, 5.74) is 0. The van der Waals surface area contributed by atoms with Crippen molar-refractivity contribution in [1.29, 1.82) is 0 Å². The van der Waals surface area contributed by atoms with Gasteiger partial charge in [0, 0.05) is 5.39 Å². The highest BCUT2D eigenvalue weighted by molar-refractivity contribution is 7.87. The van der Waals surface area contributed by atoms with E-state index in [2.05, 4.69) is 0 Å². The van der Waals surface area contributed by atoms with Crippen LogP contribution in [0.2, 0.25) is 0 Å². The Bertz CT molecular complexity index is 1080. The molecule has 128 valence electrons. The van der Waals surface area contributed by atoms with Crippen molar-refractivity contribution in [1.82, 2.24) is 0 Å². The minimum Gasteiger partial charge on any atom is -0.412 e. The van der Waals surface area contributed by atoms with E-state index in [4.69, 9.17) is 13.7 Å². The van der Waals surface area contributed by atoms with E-state index in [1.54, 1.807) is 0 Å². The third kappa shape index (κ3) is 4.03. The Kier molecular flexibility index (Phi) is 4.89. The second-order valence-electron chi connectivity index (χ2n) is 4.23. The van der Waals surface area contributed by atoms with Crippen LogP contribution in [0.15, 0.2) is 45.0 Å². The maximum absolute atomic E-state index is 11.3. The summed E-state index contributed by atoms with van der Waals surface area (Å²) in [5.74, 6) is 0. The van der Waals surface area contributed by atoms with Crippen LogP contribution in [0, 0.1) is 0 Å². The minimum absolute atomic E-state index is 0. The fourth-order valence-electron chi connectivity index (χ4n) is 1.81. The standard InChI is InChI=1S/C10H8O9S3.H2O/c11-20(12,13)7-1-2-9-6(3-7)4-8(21(14,15)16)5-10(9)22(17,18)19;/h1-5H,(H,11,12,13)(H,14,15,16)(H,17,18,19);1H2. The molecule has 0 radical (unpaired) electrons. The average Bonchev–Trinajstić information content (AvgIpc) is 2.33. The molecule has 0 bridgehead atoms. The van der Waals surface area contributed by atoms with Crippen LogP contribution in [0.4, 0.5) is 0 Å². The van der Waals surface area contributed by atoms with Gasteiger partial charge in [-0.2, -0.15) is 25.3 Å². The van der Waals surface area contributed by atoms with Gasteiger partial charge < -0.3 is 5.48 Å². The van der Waals surface area contributed by atoms with E-state index < -0.39 is 45.0 Å². The Morgan fingerprint density at radius 3 is 1.57 bits per heavy atom. The van der Waals surface area contributed by atoms with E-state index >= 15 is 0 Å². The van der Waals surface area contributed by atoms with Gasteiger partial charge in [0.15, 0.2) is 0 Å². The Balaban J connectivity index is 0.00000264. The number of hydrogen-bond donors (Lipinski definition) is 3. The SMILES string of the molecule is O.O=S(=O)(O)c1ccc2c(S(=O)(=O)O)cc(S(=O)(=O)O)cc2c1. The van der Waals surface area contributed by atoms with Crippen LogP contribution in [0.25, 0.3) is 10.8 Å². The zero-order valence-corrected chi connectivity index (χ0v) is 13.4. The molecule has 5 N–H and O–H groups in total. The summed E-state index contributed by atoms with van der Waals surface area (Å²) >= 11 is 0. The van der Waals surface area contributed by atoms with Gasteiger partial charge in [0.25, 0.3) is 30.4 Å². The molecule has 0 atom stereocenters. The summed E-state index contributed by atoms with van der Waals surface area (Å²) in [4.78, 5) is -2.31. The first-order valence-corrected chi connectivity index (χ1v) is 9.62. The Labute approximate surface area is 130 Å². The molecule has 0 heterocycles. The zero-order chi connectivity index (χ0) is 16.9. The predicted octanol–water partition coefficient (Wildman–Crippen LogP) is -0.245. The predicted molar refractivity (Wildman–Crippen MR) is 77.0 cm³/mol. The molecule has 0 aliphatic rings. The van der Waals surface area contributed by atoms with Crippen LogP contribution >= 0.6 is 0 Å². The Hall–Kier alpha value is -1.61. The van der Waals surface area contributed by atoms with Crippen molar-refractivity contribution in [2.45, 2.75) is 14.7 Å². The molecule has 0 aliphatic carbocycles. The van der Waals surface area contributed by atoms with Gasteiger partial charge in [-0.05, 0) is 29.7 Å². The topological polar surface area (TPSA) is 195 Å². The molecule has 0 unspecified atom stereocenters. The van der Waals surface area contributed by atoms with E-state index in [1.165, 1.54) is 0 Å². The molecule has 0 spiro atoms. The van der Waals surface area contributed by atoms with E-state index in [9.17, 15) is 25.3 Å². The van der Waals surface area contributed by atoms with Gasteiger partial charge in [0.1, 0.15) is 4.90 Å². The molecular formula is C10H10O10S3. The molecule has 0 fully saturated rings. The van der Waals surface area contributed by atoms with Crippen molar-refractivity contribution in [2.75, 3.05) is 0 Å². The van der Waals surface area contributed by atoms with Crippen LogP contribution in [0.3, 0.4) is 0 Å². The van der Waals surface area contributed by atoms with Crippen LogP contribution in [-0.4, -0.2) is 44.4 Å². The number of rotatable bonds is 3. The fourth-order valence-corrected chi connectivity index (χ4v) is 3.68. The zero-order valence-electron chi connectivity index (χ0n) is 10.9. The van der Waals surface area contributed by atoms with Crippen molar-refractivity contribution in [3.05, 3.63) is 30.3 Å². The lowest BCUT2D eigenvalue weighted by Crippen LogP contribution is -2.05. The van der Waals surface area contributed by atoms with E-state index in [0.717, 1.165) is 24.3 Å². The van der Waals surface area contributed by atoms with Gasteiger partial charge in [-0.1, -0.05) is 6.07 Å². The number of benzene rings is 2. The summed E-state index contributed by atoms with van der Waals surface area (Å²) < 4.78 is 94.1. The van der Waals surface area contributed by atoms with Gasteiger partial charge in [-0.3, -0.25) is 13.7 Å². The van der Waals surface area contributed by atoms with Crippen molar-refractivity contribution >= 4 is 41.1 Å². The molecule has 2 aromatic carbocycles. The Morgan fingerprint density at radius 1 is 0.652 bits per heavy atom. The maximum atomic E-state index is 11.3. The van der Waals surface area contributed by atoms with Crippen molar-refractivity contribution in [2.24, 2.45) is 0 Å². The normalized spacial score (nSPS) is 12.8. The van der Waals surface area contributed by atoms with Gasteiger partial charge >= 0.3 is 0 Å². The number of fused-ring (bicyclic) bond motifs is 1. The van der Waals surface area contributed by atoms with Crippen molar-refractivity contribution in [3.63, 3.8) is 0 Å². The summed E-state index contributed by atoms with van der Waals surface area (Å²) in [6.07, 6.45) is 0. The molecule has 0 saturated carbocycles. The Morgan fingerprint density at radius 2 is 1.13 bits per heavy atom. The molecule has 13 heteroatoms. The lowest BCUT2D eigenvalue weighted by atomic mass is 10.1. The highest BCUT2D eigenvalue weighted by atomic mass is 32.2. The molecule has 0 amide bonds. The molecule has 0 saturated heterocycles. The van der Waals surface area contributed by atoms with Crippen molar-refractivity contribution in [3.8, 4) is 0 Å². The van der Waals surface area contributed by atoms with Gasteiger partial charge in [0.2, 0.25) is 0 Å². The number of hydrogen-bond acceptors (Lipinski definition) is 6. The minimum atomic E-state index is -4.85. The maximum Gasteiger partial charge on any atom is 0.295 e. The van der Waals surface area contributed by atoms with Gasteiger partial charge in [-0.15, -0.1) is 0 Å². The lowest BCUT2D eigenvalue weighted by Gasteiger charge is -2.08. The largest absolute Gasteiger partial charge is 0.412 e. The average molecular weight is 386 g/mol. The monoisotopic (exact) mass is 386 g/mol. The summed E-state index contributed by atoms with van der Waals surface area (Å²) in [5, 5.41) is -0.430. The third-order valence-electron chi connectivity index (χ3n) is 2.73. The van der Waals surface area contributed by atoms with Gasteiger partial charge in [-0.25, -0.2) is 0 Å². The fraction of sp³-hybridized carbons (Fsp3) is 0. The highest BCUT2D eigenvalue weighted by Crippen LogP contribution is 2.29. The molecular weight excluding hydrogens is 376 g/mol. The van der Waals surface area contributed by atoms with E-state index in [0.29, 0.717) is 6.07 Å². The van der Waals surface area contributed by atoms with Crippen molar-refractivity contribution < 1.29 is 44.4 Å². The summed E-state index contributed by atoms with van der Waals surface area (Å²) in [6.45, 7) is 0. The molecule has 2 rings (SSSR count). The van der Waals surface area contributed by atoms with Crippen LogP contribution in [0.1, 0.15) is 0 Å². The third-order valence-corrected chi connectivity index (χ3v) is 5.31. The molecule has 0 aliphatic heterocycles. The second kappa shape index (κ2) is 5.79. The lowest BCUT2D eigenvalue weighted by molar-refractivity contribution is 0.480. The first kappa shape index (κ1) is 19.4.